The number of hydrogen-bond acceptors (Lipinski definition) is 6. The second kappa shape index (κ2) is 7.74. The van der Waals surface area contributed by atoms with E-state index < -0.39 is 11.8 Å². The van der Waals surface area contributed by atoms with Crippen molar-refractivity contribution in [2.45, 2.75) is 45.6 Å². The summed E-state index contributed by atoms with van der Waals surface area (Å²) in [6.45, 7) is 7.53. The molecule has 3 aromatic rings. The molecule has 0 fully saturated rings. The number of anilines is 1. The number of furan rings is 1. The third kappa shape index (κ3) is 3.88. The number of ether oxygens (including phenoxy) is 1. The quantitative estimate of drug-likeness (QED) is 0.612. The number of para-hydroxylation sites is 1. The van der Waals surface area contributed by atoms with Crippen LogP contribution >= 0.6 is 0 Å². The molecule has 0 radical (unpaired) electrons. The van der Waals surface area contributed by atoms with Gasteiger partial charge in [-0.2, -0.15) is 0 Å². The van der Waals surface area contributed by atoms with E-state index in [1.54, 1.807) is 44.1 Å². The molecule has 0 spiro atoms. The Labute approximate surface area is 181 Å². The van der Waals surface area contributed by atoms with Crippen molar-refractivity contribution >= 4 is 28.8 Å². The van der Waals surface area contributed by atoms with Gasteiger partial charge < -0.3 is 24.5 Å². The van der Waals surface area contributed by atoms with Crippen molar-refractivity contribution in [3.8, 4) is 5.75 Å². The molecule has 1 aliphatic heterocycles. The number of nitrogens with zero attached hydrogens (tertiary/aromatic N) is 2. The number of hydrogen-bond donors (Lipinski definition) is 2. The van der Waals surface area contributed by atoms with Gasteiger partial charge in [0.25, 0.3) is 0 Å². The number of rotatable bonds is 4. The molecule has 1 aliphatic rings. The van der Waals surface area contributed by atoms with Crippen LogP contribution in [0, 0.1) is 6.92 Å². The highest BCUT2D eigenvalue weighted by atomic mass is 16.5. The van der Waals surface area contributed by atoms with Gasteiger partial charge in [-0.1, -0.05) is 18.2 Å². The van der Waals surface area contributed by atoms with E-state index in [1.165, 1.54) is 6.08 Å². The molecule has 1 unspecified atom stereocenters. The number of pyridine rings is 1. The minimum Gasteiger partial charge on any atom is -0.479 e. The number of nitrogens with one attached hydrogen (secondary N) is 1. The Morgan fingerprint density at radius 3 is 2.84 bits per heavy atom. The van der Waals surface area contributed by atoms with E-state index in [-0.39, 0.29) is 11.9 Å². The summed E-state index contributed by atoms with van der Waals surface area (Å²) in [5, 5.41) is 14.0. The molecular formula is C24H27N3O4. The van der Waals surface area contributed by atoms with Gasteiger partial charge in [-0.25, -0.2) is 4.98 Å². The molecule has 3 heterocycles. The van der Waals surface area contributed by atoms with Crippen LogP contribution in [0.25, 0.3) is 17.0 Å². The molecule has 162 valence electrons. The lowest BCUT2D eigenvalue weighted by Crippen LogP contribution is -2.49. The second-order valence-electron chi connectivity index (χ2n) is 8.41. The molecule has 2 aromatic heterocycles. The zero-order valence-electron chi connectivity index (χ0n) is 18.3. The lowest BCUT2D eigenvalue weighted by molar-refractivity contribution is -0.126. The Morgan fingerprint density at radius 2 is 2.10 bits per heavy atom. The first-order valence-electron chi connectivity index (χ1n) is 10.2. The van der Waals surface area contributed by atoms with Crippen LogP contribution in [0.4, 0.5) is 5.82 Å². The predicted molar refractivity (Wildman–Crippen MR) is 120 cm³/mol. The van der Waals surface area contributed by atoms with Gasteiger partial charge >= 0.3 is 0 Å². The van der Waals surface area contributed by atoms with Gasteiger partial charge in [0.2, 0.25) is 5.91 Å². The molecule has 7 nitrogen and oxygen atoms in total. The van der Waals surface area contributed by atoms with E-state index in [0.717, 1.165) is 27.9 Å². The van der Waals surface area contributed by atoms with Crippen molar-refractivity contribution in [2.75, 3.05) is 12.4 Å². The summed E-state index contributed by atoms with van der Waals surface area (Å²) in [7, 11) is 1.76. The number of benzene rings is 1. The Kier molecular flexibility index (Phi) is 5.23. The fourth-order valence-corrected chi connectivity index (χ4v) is 3.62. The van der Waals surface area contributed by atoms with Crippen LogP contribution in [0.1, 0.15) is 43.7 Å². The Morgan fingerprint density at radius 1 is 1.35 bits per heavy atom. The van der Waals surface area contributed by atoms with Crippen molar-refractivity contribution in [3.05, 3.63) is 59.5 Å². The SMILES string of the molecule is Cc1c([C@@H](C)N(C)C(=O)C=Cc2cnc3c(c2)OC(C)(C)C(O)N3)oc2ccccc12. The summed E-state index contributed by atoms with van der Waals surface area (Å²) >= 11 is 0. The first-order chi connectivity index (χ1) is 14.7. The number of aliphatic hydroxyl groups excluding tert-OH is 1. The fourth-order valence-electron chi connectivity index (χ4n) is 3.62. The first-order valence-corrected chi connectivity index (χ1v) is 10.2. The Balaban J connectivity index is 1.50. The van der Waals surface area contributed by atoms with E-state index in [9.17, 15) is 9.90 Å². The highest BCUT2D eigenvalue weighted by Crippen LogP contribution is 2.35. The number of aliphatic hydroxyl groups is 1. The summed E-state index contributed by atoms with van der Waals surface area (Å²) in [6, 6.07) is 9.43. The number of likely N-dealkylation sites (N-methyl/N-ethyl adjacent to an activating group) is 1. The summed E-state index contributed by atoms with van der Waals surface area (Å²) in [6.07, 6.45) is 3.98. The number of amides is 1. The third-order valence-electron chi connectivity index (χ3n) is 5.79. The topological polar surface area (TPSA) is 87.8 Å². The van der Waals surface area contributed by atoms with Crippen molar-refractivity contribution in [3.63, 3.8) is 0 Å². The highest BCUT2D eigenvalue weighted by molar-refractivity contribution is 5.92. The summed E-state index contributed by atoms with van der Waals surface area (Å²) in [5.41, 5.74) is 1.80. The number of carbonyl (C=O) groups excluding carboxylic acids is 1. The molecule has 2 atom stereocenters. The third-order valence-corrected chi connectivity index (χ3v) is 5.79. The van der Waals surface area contributed by atoms with Crippen molar-refractivity contribution < 1.29 is 19.1 Å². The number of carbonyl (C=O) groups is 1. The molecule has 2 N–H and O–H groups in total. The van der Waals surface area contributed by atoms with Gasteiger partial charge in [0.1, 0.15) is 16.9 Å². The maximum Gasteiger partial charge on any atom is 0.246 e. The molecule has 0 bridgehead atoms. The van der Waals surface area contributed by atoms with E-state index in [2.05, 4.69) is 10.3 Å². The van der Waals surface area contributed by atoms with Gasteiger partial charge in [-0.05, 0) is 51.5 Å². The van der Waals surface area contributed by atoms with Crippen LogP contribution in [0.2, 0.25) is 0 Å². The average Bonchev–Trinajstić information content (AvgIpc) is 3.08. The first kappa shape index (κ1) is 20.9. The lowest BCUT2D eigenvalue weighted by atomic mass is 10.1. The average molecular weight is 421 g/mol. The maximum atomic E-state index is 12.8. The number of aryl methyl sites for hydroxylation is 1. The highest BCUT2D eigenvalue weighted by Gasteiger charge is 2.36. The zero-order valence-corrected chi connectivity index (χ0v) is 18.3. The Hall–Kier alpha value is -3.32. The van der Waals surface area contributed by atoms with Crippen LogP contribution in [0.15, 0.2) is 47.0 Å². The van der Waals surface area contributed by atoms with E-state index >= 15 is 0 Å². The summed E-state index contributed by atoms with van der Waals surface area (Å²) in [5.74, 6) is 1.63. The molecule has 4 rings (SSSR count). The molecular weight excluding hydrogens is 394 g/mol. The predicted octanol–water partition coefficient (Wildman–Crippen LogP) is 4.27. The van der Waals surface area contributed by atoms with Crippen LogP contribution < -0.4 is 10.1 Å². The fraction of sp³-hybridized carbons (Fsp3) is 0.333. The largest absolute Gasteiger partial charge is 0.479 e. The molecule has 0 aliphatic carbocycles. The molecule has 1 aromatic carbocycles. The normalized spacial score (nSPS) is 18.3. The monoisotopic (exact) mass is 421 g/mol. The minimum absolute atomic E-state index is 0.153. The molecule has 0 saturated heterocycles. The van der Waals surface area contributed by atoms with Gasteiger partial charge in [0.05, 0.1) is 6.04 Å². The molecule has 0 saturated carbocycles. The second-order valence-corrected chi connectivity index (χ2v) is 8.41. The smallest absolute Gasteiger partial charge is 0.246 e. The molecule has 7 heteroatoms. The van der Waals surface area contributed by atoms with Crippen molar-refractivity contribution in [1.82, 2.24) is 9.88 Å². The van der Waals surface area contributed by atoms with Crippen LogP contribution in [0.5, 0.6) is 5.75 Å². The minimum atomic E-state index is -0.854. The summed E-state index contributed by atoms with van der Waals surface area (Å²) in [4.78, 5) is 18.7. The number of aromatic nitrogens is 1. The number of fused-ring (bicyclic) bond motifs is 2. The van der Waals surface area contributed by atoms with Crippen LogP contribution in [0.3, 0.4) is 0 Å². The van der Waals surface area contributed by atoms with Crippen LogP contribution in [-0.2, 0) is 4.79 Å². The van der Waals surface area contributed by atoms with Gasteiger partial charge in [-0.15, -0.1) is 0 Å². The van der Waals surface area contributed by atoms with Gasteiger partial charge in [-0.3, -0.25) is 4.79 Å². The van der Waals surface area contributed by atoms with Gasteiger partial charge in [0, 0.05) is 30.3 Å². The van der Waals surface area contributed by atoms with E-state index in [4.69, 9.17) is 9.15 Å². The van der Waals surface area contributed by atoms with Crippen LogP contribution in [-0.4, -0.2) is 39.8 Å². The lowest BCUT2D eigenvalue weighted by Gasteiger charge is -2.37. The van der Waals surface area contributed by atoms with Gasteiger partial charge in [0.15, 0.2) is 17.8 Å². The zero-order chi connectivity index (χ0) is 22.3. The standard InChI is InChI=1S/C24H27N3O4/c1-14-17-8-6-7-9-18(17)30-21(14)15(2)27(5)20(28)11-10-16-12-19-22(25-13-16)26-23(29)24(3,4)31-19/h6-13,15,23,29H,1-5H3,(H,25,26)/t15-,23?/m1/s1. The Bertz CT molecular complexity index is 1160. The van der Waals surface area contributed by atoms with Crippen molar-refractivity contribution in [2.24, 2.45) is 0 Å². The van der Waals surface area contributed by atoms with Crippen molar-refractivity contribution in [1.29, 1.82) is 0 Å². The van der Waals surface area contributed by atoms with E-state index in [1.807, 2.05) is 38.1 Å². The molecule has 31 heavy (non-hydrogen) atoms. The molecule has 1 amide bonds. The maximum absolute atomic E-state index is 12.8. The summed E-state index contributed by atoms with van der Waals surface area (Å²) < 4.78 is 11.9. The van der Waals surface area contributed by atoms with E-state index in [0.29, 0.717) is 11.6 Å².